The molecule has 11 amide bonds. The van der Waals surface area contributed by atoms with Crippen LogP contribution in [0.2, 0.25) is 0 Å². The highest BCUT2D eigenvalue weighted by Crippen LogP contribution is 2.35. The maximum atomic E-state index is 14.9. The molecule has 125 heavy (non-hydrogen) atoms. The largest absolute Gasteiger partial charge is 0.445 e. The number of amides is 11. The van der Waals surface area contributed by atoms with E-state index in [-0.39, 0.29) is 102 Å². The first-order valence-corrected chi connectivity index (χ1v) is 45.7. The number of aliphatic hydroxyl groups excluding tert-OH is 1. The molecule has 0 spiro atoms. The number of urea groups is 1. The highest BCUT2D eigenvalue weighted by molar-refractivity contribution is 7.51. The van der Waals surface area contributed by atoms with Crippen molar-refractivity contribution in [2.75, 3.05) is 132 Å². The Hall–Kier alpha value is -8.37. The van der Waals surface area contributed by atoms with Crippen molar-refractivity contribution in [3.63, 3.8) is 0 Å². The van der Waals surface area contributed by atoms with Gasteiger partial charge in [0.05, 0.1) is 139 Å². The summed E-state index contributed by atoms with van der Waals surface area (Å²) >= 11 is 0. The van der Waals surface area contributed by atoms with E-state index in [2.05, 4.69) is 47.5 Å². The molecule has 1 unspecified atom stereocenters. The van der Waals surface area contributed by atoms with E-state index < -0.39 is 146 Å². The maximum Gasteiger partial charge on any atom is 0.410 e. The van der Waals surface area contributed by atoms with Gasteiger partial charge in [0, 0.05) is 53.6 Å². The van der Waals surface area contributed by atoms with Gasteiger partial charge in [-0.15, -0.1) is 5.10 Å². The van der Waals surface area contributed by atoms with E-state index in [0.717, 1.165) is 31.4 Å². The number of anilines is 1. The second-order valence-electron chi connectivity index (χ2n) is 33.2. The van der Waals surface area contributed by atoms with Gasteiger partial charge in [-0.3, -0.25) is 47.8 Å². The molecular weight excluding hydrogens is 1640 g/mol. The summed E-state index contributed by atoms with van der Waals surface area (Å²) < 4.78 is 64.0. The van der Waals surface area contributed by atoms with Gasteiger partial charge in [0.15, 0.2) is 0 Å². The van der Waals surface area contributed by atoms with Gasteiger partial charge >= 0.3 is 19.7 Å². The molecule has 1 aromatic heterocycles. The summed E-state index contributed by atoms with van der Waals surface area (Å²) in [6.45, 7) is 21.8. The third kappa shape index (κ3) is 37.1. The normalized spacial score (nSPS) is 17.2. The molecule has 14 atom stereocenters. The molecule has 0 radical (unpaired) electrons. The lowest BCUT2D eigenvalue weighted by atomic mass is 9.89. The number of likely N-dealkylation sites (N-methyl/N-ethyl adjacent to an activating group) is 2. The summed E-state index contributed by atoms with van der Waals surface area (Å²) in [5.41, 5.74) is 14.8. The van der Waals surface area contributed by atoms with Gasteiger partial charge in [-0.2, -0.15) is 0 Å². The van der Waals surface area contributed by atoms with Crippen LogP contribution >= 0.6 is 7.60 Å². The second-order valence-corrected chi connectivity index (χ2v) is 35.0. The SMILES string of the molecule is CC[C@H](C)[C@@H]([C@@H](CC(=O)N1CCC[C@H]1[C@H](OC)[C@@H](C)C(=O)N[C@H](C)[C@@H](O)c1ccccc1)OC)N(C)C(=O)[C@@H](NC(=O)[C@H](C(C)C)N(C)C(=O)OCc1ccc(NC(=O)[C@H](CCCNC(N)=O)NC(=O)[C@@H](NC(=O)[C@H](N)CCCCNC(=O)COC2CCCCCc3c2nnn3CCOCCOCCOCCOCCOCCP(=O)(O)O)C(C)C)cc1)C(C)C. The van der Waals surface area contributed by atoms with Crippen LogP contribution in [0.5, 0.6) is 0 Å². The number of hydrogen-bond acceptors (Lipinski definition) is 24. The molecular formula is C86H144N15O23P. The van der Waals surface area contributed by atoms with Crippen LogP contribution in [0.15, 0.2) is 54.6 Å². The van der Waals surface area contributed by atoms with Gasteiger partial charge in [-0.1, -0.05) is 129 Å². The zero-order chi connectivity index (χ0) is 92.3. The molecule has 706 valence electrons. The number of methoxy groups -OCH3 is 2. The van der Waals surface area contributed by atoms with Crippen molar-refractivity contribution < 1.29 is 110 Å². The summed E-state index contributed by atoms with van der Waals surface area (Å²) in [6, 6.07) is 7.42. The van der Waals surface area contributed by atoms with E-state index >= 15 is 0 Å². The number of benzene rings is 2. The van der Waals surface area contributed by atoms with E-state index in [4.69, 9.17) is 63.9 Å². The molecule has 5 rings (SSSR count). The van der Waals surface area contributed by atoms with Crippen LogP contribution in [-0.4, -0.2) is 291 Å². The van der Waals surface area contributed by atoms with Crippen molar-refractivity contribution in [3.05, 3.63) is 77.1 Å². The lowest BCUT2D eigenvalue weighted by molar-refractivity contribution is -0.148. The lowest BCUT2D eigenvalue weighted by Crippen LogP contribution is -2.60. The van der Waals surface area contributed by atoms with Gasteiger partial charge in [-0.25, -0.2) is 14.3 Å². The topological polar surface area (TPSA) is 508 Å². The molecule has 1 aliphatic carbocycles. The Morgan fingerprint density at radius 2 is 1.26 bits per heavy atom. The third-order valence-electron chi connectivity index (χ3n) is 22.5. The smallest absolute Gasteiger partial charge is 0.410 e. The molecule has 2 aliphatic rings. The molecule has 3 aromatic rings. The number of ether oxygens (including phenoxy) is 9. The van der Waals surface area contributed by atoms with Gasteiger partial charge in [0.2, 0.25) is 47.3 Å². The molecule has 2 aromatic carbocycles. The number of likely N-dealkylation sites (tertiary alicyclic amines) is 1. The van der Waals surface area contributed by atoms with Crippen LogP contribution in [-0.2, 0) is 105 Å². The molecule has 14 N–H and O–H groups in total. The second kappa shape index (κ2) is 56.7. The predicted octanol–water partition coefficient (Wildman–Crippen LogP) is 4.93. The van der Waals surface area contributed by atoms with Crippen molar-refractivity contribution in [3.8, 4) is 0 Å². The first-order chi connectivity index (χ1) is 59.5. The standard InChI is InChI=1S/C86H144N15O23P/c1-15-58(8)76(69(116-13)52-71(103)100-39-25-31-67(100)78(117-14)59(9)79(105)91-60(10)77(104)62-26-18-16-19-27-62)98(11)84(110)73(56(4)5)95-83(109)75(57(6)7)99(12)86(112)124-53-61-33-35-63(36-34-61)92-81(107)65(29-24-38-90-85(88)111)93-82(108)72(55(2)3)94-80(106)64(87)28-22-23-37-89-70(102)54-123-68-32-21-17-20-30-66-74(68)96-97-101(66)40-41-118-42-43-119-44-45-120-46-47-121-48-49-122-50-51-125(113,114)115/h16,18-19,26-27,33-36,55-60,64-65,67-69,72-73,75-78,104H,15,17,20-25,28-32,37-54,87H2,1-14H3,(H,89,102)(H,91,105)(H,92,107)(H,93,108)(H,94,106)(H,95,109)(H3,88,90,111)(H2,113,114,115)/t58-,59+,60+,64+,65-,67-,68?,69+,72-,73-,75-,76-,77+,78+/m0/s1. The third-order valence-corrected chi connectivity index (χ3v) is 23.3. The average Bonchev–Trinajstić information content (AvgIpc) is 1.77. The molecule has 2 heterocycles. The summed E-state index contributed by atoms with van der Waals surface area (Å²) in [5, 5.41) is 39.4. The first kappa shape index (κ1) is 107. The Morgan fingerprint density at radius 1 is 0.648 bits per heavy atom. The highest BCUT2D eigenvalue weighted by atomic mass is 31.2. The number of fused-ring (bicyclic) bond motifs is 1. The van der Waals surface area contributed by atoms with Crippen LogP contribution < -0.4 is 48.7 Å². The monoisotopic (exact) mass is 1790 g/mol. The van der Waals surface area contributed by atoms with Crippen molar-refractivity contribution in [1.29, 1.82) is 0 Å². The van der Waals surface area contributed by atoms with Crippen molar-refractivity contribution in [2.24, 2.45) is 41.1 Å². The van der Waals surface area contributed by atoms with Crippen LogP contribution in [0.3, 0.4) is 0 Å². The van der Waals surface area contributed by atoms with Crippen molar-refractivity contribution in [2.45, 2.75) is 245 Å². The van der Waals surface area contributed by atoms with Gasteiger partial charge in [-0.05, 0) is 118 Å². The molecule has 1 aliphatic heterocycles. The lowest BCUT2D eigenvalue weighted by Gasteiger charge is -2.41. The minimum atomic E-state index is -4.07. The highest BCUT2D eigenvalue weighted by Gasteiger charge is 2.45. The van der Waals surface area contributed by atoms with Crippen LogP contribution in [0, 0.1) is 29.6 Å². The molecule has 39 heteroatoms. The Labute approximate surface area is 736 Å². The number of aliphatic hydroxyl groups is 1. The molecule has 1 fully saturated rings. The van der Waals surface area contributed by atoms with Crippen LogP contribution in [0.25, 0.3) is 0 Å². The van der Waals surface area contributed by atoms with E-state index in [9.17, 15) is 57.6 Å². The number of nitrogens with zero attached hydrogens (tertiary/aromatic N) is 6. The number of unbranched alkanes of at least 4 members (excludes halogenated alkanes) is 1. The van der Waals surface area contributed by atoms with Crippen molar-refractivity contribution >= 4 is 72.7 Å². The zero-order valence-corrected chi connectivity index (χ0v) is 76.6. The summed E-state index contributed by atoms with van der Waals surface area (Å²) in [4.78, 5) is 160. The van der Waals surface area contributed by atoms with E-state index in [1.807, 2.05) is 36.7 Å². The number of carbonyl (C=O) groups excluding carboxylic acids is 10. The number of rotatable bonds is 59. The zero-order valence-electron chi connectivity index (χ0n) is 75.7. The predicted molar refractivity (Wildman–Crippen MR) is 466 cm³/mol. The summed E-state index contributed by atoms with van der Waals surface area (Å²) in [6.07, 6.45) is 3.41. The Morgan fingerprint density at radius 3 is 1.86 bits per heavy atom. The molecule has 0 saturated carbocycles. The van der Waals surface area contributed by atoms with E-state index in [1.54, 1.807) is 109 Å². The Kier molecular flexibility index (Phi) is 48.6. The Bertz CT molecular complexity index is 3810. The molecule has 0 bridgehead atoms. The fraction of sp³-hybridized carbons (Fsp3) is 0.721. The molecule has 38 nitrogen and oxygen atoms in total. The van der Waals surface area contributed by atoms with Crippen molar-refractivity contribution in [1.82, 2.24) is 61.6 Å². The fourth-order valence-electron chi connectivity index (χ4n) is 15.2. The average molecular weight is 1790 g/mol. The van der Waals surface area contributed by atoms with Crippen LogP contribution in [0.1, 0.15) is 187 Å². The van der Waals surface area contributed by atoms with Gasteiger partial charge in [0.25, 0.3) is 0 Å². The fourth-order valence-corrected chi connectivity index (χ4v) is 15.6. The van der Waals surface area contributed by atoms with Gasteiger partial charge < -0.3 is 116 Å². The number of nitrogens with two attached hydrogens (primary N) is 2. The number of aromatic nitrogens is 3. The Balaban J connectivity index is 1.07. The number of primary amides is 1. The number of nitrogens with one attached hydrogen (secondary N) is 7. The minimum Gasteiger partial charge on any atom is -0.445 e. The minimum absolute atomic E-state index is 0.0395. The number of hydrogen-bond donors (Lipinski definition) is 12. The molecule has 1 saturated heterocycles. The number of carbonyl (C=O) groups is 10. The van der Waals surface area contributed by atoms with Gasteiger partial charge in [0.1, 0.15) is 49.2 Å². The van der Waals surface area contributed by atoms with E-state index in [0.29, 0.717) is 120 Å². The quantitative estimate of drug-likeness (QED) is 0.0263. The first-order valence-electron chi connectivity index (χ1n) is 43.9. The summed E-state index contributed by atoms with van der Waals surface area (Å²) in [5.74, 6) is -6.07. The van der Waals surface area contributed by atoms with E-state index in [1.165, 1.54) is 26.2 Å². The summed E-state index contributed by atoms with van der Waals surface area (Å²) in [7, 11) is 1.99. The maximum absolute atomic E-state index is 14.9. The van der Waals surface area contributed by atoms with Crippen LogP contribution in [0.4, 0.5) is 15.3 Å².